The normalized spacial score (nSPS) is 28.9. The van der Waals surface area contributed by atoms with Crippen molar-refractivity contribution in [2.75, 3.05) is 0 Å². The molecule has 0 aromatic rings. The predicted molar refractivity (Wildman–Crippen MR) is 82.9 cm³/mol. The first kappa shape index (κ1) is 14.3. The second-order valence-electron chi connectivity index (χ2n) is 4.94. The molecular formula is C17H20N2O. The van der Waals surface area contributed by atoms with Gasteiger partial charge in [0.25, 0.3) is 0 Å². The summed E-state index contributed by atoms with van der Waals surface area (Å²) in [5.41, 5.74) is 8.38. The predicted octanol–water partition coefficient (Wildman–Crippen LogP) is 2.31. The molecule has 0 aliphatic carbocycles. The third-order valence-electron chi connectivity index (χ3n) is 4.03. The van der Waals surface area contributed by atoms with E-state index < -0.39 is 11.4 Å². The quantitative estimate of drug-likeness (QED) is 0.804. The lowest BCUT2D eigenvalue weighted by molar-refractivity contribution is -0.121. The zero-order valence-electron chi connectivity index (χ0n) is 11.8. The molecule has 104 valence electrons. The second kappa shape index (κ2) is 5.10. The van der Waals surface area contributed by atoms with Gasteiger partial charge in [0.15, 0.2) is 0 Å². The topological polar surface area (TPSA) is 55.1 Å². The Morgan fingerprint density at radius 1 is 1.30 bits per heavy atom. The minimum absolute atomic E-state index is 0.0232. The lowest BCUT2D eigenvalue weighted by Crippen LogP contribution is -2.58. The lowest BCUT2D eigenvalue weighted by atomic mass is 9.78. The summed E-state index contributed by atoms with van der Waals surface area (Å²) in [6.07, 6.45) is 9.85. The van der Waals surface area contributed by atoms with Crippen molar-refractivity contribution in [3.8, 4) is 0 Å². The number of hydrogen-bond donors (Lipinski definition) is 2. The first-order valence-corrected chi connectivity index (χ1v) is 6.62. The molecule has 3 heteroatoms. The Labute approximate surface area is 119 Å². The van der Waals surface area contributed by atoms with Gasteiger partial charge >= 0.3 is 0 Å². The van der Waals surface area contributed by atoms with Gasteiger partial charge in [-0.15, -0.1) is 0 Å². The minimum atomic E-state index is -1.02. The Kier molecular flexibility index (Phi) is 3.64. The fourth-order valence-corrected chi connectivity index (χ4v) is 3.23. The van der Waals surface area contributed by atoms with Gasteiger partial charge in [0, 0.05) is 6.04 Å². The fourth-order valence-electron chi connectivity index (χ4n) is 3.23. The number of primary amides is 1. The van der Waals surface area contributed by atoms with Crippen LogP contribution in [-0.4, -0.2) is 17.5 Å². The molecule has 0 saturated carbocycles. The van der Waals surface area contributed by atoms with Crippen LogP contribution in [0.25, 0.3) is 0 Å². The summed E-state index contributed by atoms with van der Waals surface area (Å²) in [6.45, 7) is 13.5. The Bertz CT molecular complexity index is 592. The molecule has 20 heavy (non-hydrogen) atoms. The molecule has 2 rings (SSSR count). The average Bonchev–Trinajstić information content (AvgIpc) is 2.71. The summed E-state index contributed by atoms with van der Waals surface area (Å²) in [7, 11) is 0. The van der Waals surface area contributed by atoms with Gasteiger partial charge in [0.05, 0.1) is 0 Å². The zero-order chi connectivity index (χ0) is 14.9. The fraction of sp³-hybridized carbons (Fsp3) is 0.235. The molecular weight excluding hydrogens is 248 g/mol. The van der Waals surface area contributed by atoms with E-state index in [9.17, 15) is 4.79 Å². The van der Waals surface area contributed by atoms with Crippen LogP contribution >= 0.6 is 0 Å². The number of rotatable bonds is 5. The SMILES string of the molecule is C=CC1=C(/C=C\C)C2(C(N)=O)NC(C1)C(C=C)=C2C=C. The van der Waals surface area contributed by atoms with Crippen molar-refractivity contribution in [2.24, 2.45) is 5.73 Å². The number of nitrogens with two attached hydrogens (primary N) is 1. The Balaban J connectivity index is 2.82. The van der Waals surface area contributed by atoms with Gasteiger partial charge in [-0.1, -0.05) is 50.1 Å². The number of carbonyl (C=O) groups is 1. The minimum Gasteiger partial charge on any atom is -0.367 e. The highest BCUT2D eigenvalue weighted by molar-refractivity contribution is 5.97. The number of fused-ring (bicyclic) bond motifs is 2. The molecule has 0 radical (unpaired) electrons. The number of hydrogen-bond acceptors (Lipinski definition) is 2. The van der Waals surface area contributed by atoms with Gasteiger partial charge in [-0.25, -0.2) is 0 Å². The smallest absolute Gasteiger partial charge is 0.247 e. The first-order valence-electron chi connectivity index (χ1n) is 6.62. The third-order valence-corrected chi connectivity index (χ3v) is 4.03. The van der Waals surface area contributed by atoms with Gasteiger partial charge in [-0.05, 0) is 35.6 Å². The van der Waals surface area contributed by atoms with Crippen LogP contribution in [0.15, 0.2) is 72.4 Å². The van der Waals surface area contributed by atoms with E-state index in [4.69, 9.17) is 5.73 Å². The van der Waals surface area contributed by atoms with Crippen LogP contribution in [0.5, 0.6) is 0 Å². The summed E-state index contributed by atoms with van der Waals surface area (Å²) >= 11 is 0. The standard InChI is InChI=1S/C17H20N2O/c1-5-9-14-11(6-2)10-15-12(7-3)13(8-4)17(14,19-15)16(18)20/h5-9,15,19H,2-4,10H2,1H3,(H2,18,20)/b9-5-. The summed E-state index contributed by atoms with van der Waals surface area (Å²) < 4.78 is 0. The molecule has 3 nitrogen and oxygen atoms in total. The Morgan fingerprint density at radius 3 is 2.45 bits per heavy atom. The molecule has 2 heterocycles. The maximum Gasteiger partial charge on any atom is 0.247 e. The molecule has 2 unspecified atom stereocenters. The summed E-state index contributed by atoms with van der Waals surface area (Å²) in [5.74, 6) is -0.429. The van der Waals surface area contributed by atoms with Gasteiger partial charge in [-0.2, -0.15) is 0 Å². The highest BCUT2D eigenvalue weighted by Gasteiger charge is 2.53. The molecule has 0 aromatic heterocycles. The van der Waals surface area contributed by atoms with E-state index >= 15 is 0 Å². The van der Waals surface area contributed by atoms with Crippen LogP contribution in [0, 0.1) is 0 Å². The van der Waals surface area contributed by atoms with Crippen LogP contribution in [0.3, 0.4) is 0 Å². The highest BCUT2D eigenvalue weighted by Crippen LogP contribution is 2.45. The highest BCUT2D eigenvalue weighted by atomic mass is 16.1. The first-order chi connectivity index (χ1) is 9.56. The van der Waals surface area contributed by atoms with Crippen molar-refractivity contribution in [1.82, 2.24) is 5.32 Å². The summed E-state index contributed by atoms with van der Waals surface area (Å²) in [5, 5.41) is 3.36. The number of allylic oxidation sites excluding steroid dienone is 2. The van der Waals surface area contributed by atoms with E-state index in [1.54, 1.807) is 18.2 Å². The summed E-state index contributed by atoms with van der Waals surface area (Å²) in [4.78, 5) is 12.3. The van der Waals surface area contributed by atoms with Gasteiger partial charge in [-0.3, -0.25) is 10.1 Å². The zero-order valence-corrected chi connectivity index (χ0v) is 11.8. The molecule has 1 amide bonds. The molecule has 0 fully saturated rings. The van der Waals surface area contributed by atoms with Crippen molar-refractivity contribution in [3.05, 3.63) is 72.4 Å². The Hall–Kier alpha value is -2.13. The molecule has 2 aliphatic rings. The van der Waals surface area contributed by atoms with E-state index in [0.29, 0.717) is 0 Å². The van der Waals surface area contributed by atoms with Crippen LogP contribution in [0.2, 0.25) is 0 Å². The van der Waals surface area contributed by atoms with Gasteiger partial charge < -0.3 is 5.73 Å². The maximum absolute atomic E-state index is 12.3. The second-order valence-corrected chi connectivity index (χ2v) is 4.94. The van der Waals surface area contributed by atoms with Gasteiger partial charge in [0.2, 0.25) is 5.91 Å². The molecule has 0 saturated heterocycles. The van der Waals surface area contributed by atoms with E-state index in [-0.39, 0.29) is 6.04 Å². The molecule has 2 bridgehead atoms. The van der Waals surface area contributed by atoms with Crippen molar-refractivity contribution < 1.29 is 4.79 Å². The van der Waals surface area contributed by atoms with E-state index in [1.807, 2.05) is 19.1 Å². The number of nitrogens with one attached hydrogen (secondary N) is 1. The number of amides is 1. The number of carbonyl (C=O) groups excluding carboxylic acids is 1. The van der Waals surface area contributed by atoms with Gasteiger partial charge in [0.1, 0.15) is 5.54 Å². The molecule has 3 N–H and O–H groups in total. The van der Waals surface area contributed by atoms with E-state index in [1.165, 1.54) is 0 Å². The van der Waals surface area contributed by atoms with Crippen molar-refractivity contribution >= 4 is 5.91 Å². The Morgan fingerprint density at radius 2 is 2.00 bits per heavy atom. The largest absolute Gasteiger partial charge is 0.367 e. The lowest BCUT2D eigenvalue weighted by Gasteiger charge is -2.36. The van der Waals surface area contributed by atoms with E-state index in [2.05, 4.69) is 25.1 Å². The molecule has 2 aliphatic heterocycles. The van der Waals surface area contributed by atoms with Crippen molar-refractivity contribution in [2.45, 2.75) is 24.9 Å². The molecule has 0 aromatic carbocycles. The average molecular weight is 268 g/mol. The van der Waals surface area contributed by atoms with Crippen LogP contribution in [-0.2, 0) is 4.79 Å². The van der Waals surface area contributed by atoms with Crippen LogP contribution in [0.1, 0.15) is 13.3 Å². The molecule has 0 spiro atoms. The van der Waals surface area contributed by atoms with Crippen molar-refractivity contribution in [1.29, 1.82) is 0 Å². The van der Waals surface area contributed by atoms with Crippen LogP contribution < -0.4 is 11.1 Å². The maximum atomic E-state index is 12.3. The molecule has 2 atom stereocenters. The monoisotopic (exact) mass is 268 g/mol. The van der Waals surface area contributed by atoms with Crippen LogP contribution in [0.4, 0.5) is 0 Å². The summed E-state index contributed by atoms with van der Waals surface area (Å²) in [6, 6.07) is 0.0232. The van der Waals surface area contributed by atoms with E-state index in [0.717, 1.165) is 28.7 Å². The van der Waals surface area contributed by atoms with Crippen molar-refractivity contribution in [3.63, 3.8) is 0 Å². The third kappa shape index (κ3) is 1.67.